The lowest BCUT2D eigenvalue weighted by Gasteiger charge is -1.96. The van der Waals surface area contributed by atoms with Crippen molar-refractivity contribution in [1.82, 2.24) is 0 Å². The Morgan fingerprint density at radius 1 is 1.40 bits per heavy atom. The van der Waals surface area contributed by atoms with Gasteiger partial charge in [0, 0.05) is 6.42 Å². The van der Waals surface area contributed by atoms with Crippen LogP contribution in [0.5, 0.6) is 5.75 Å². The summed E-state index contributed by atoms with van der Waals surface area (Å²) in [5, 5.41) is 18.9. The van der Waals surface area contributed by atoms with Crippen LogP contribution in [-0.2, 0) is 6.42 Å². The van der Waals surface area contributed by atoms with E-state index in [-0.39, 0.29) is 11.3 Å². The maximum absolute atomic E-state index is 10.7. The van der Waals surface area contributed by atoms with Gasteiger partial charge >= 0.3 is 5.97 Å². The summed E-state index contributed by atoms with van der Waals surface area (Å²) in [6, 6.07) is 4.35. The predicted molar refractivity (Wildman–Crippen MR) is 54.2 cm³/mol. The SMILES string of the molecule is CCc1cc2c(O)cc(C(=O)O)cc2o1. The van der Waals surface area contributed by atoms with Crippen molar-refractivity contribution in [3.8, 4) is 5.75 Å². The number of aryl methyl sites for hydroxylation is 1. The molecule has 0 saturated heterocycles. The summed E-state index contributed by atoms with van der Waals surface area (Å²) >= 11 is 0. The summed E-state index contributed by atoms with van der Waals surface area (Å²) in [7, 11) is 0. The number of carboxylic acid groups (broad SMARTS) is 1. The van der Waals surface area contributed by atoms with Crippen molar-refractivity contribution in [3.05, 3.63) is 29.5 Å². The summed E-state index contributed by atoms with van der Waals surface area (Å²) in [6.45, 7) is 1.92. The standard InChI is InChI=1S/C11H10O4/c1-2-7-5-8-9(12)3-6(11(13)14)4-10(8)15-7/h3-5,12H,2H2,1H3,(H,13,14). The second-order valence-electron chi connectivity index (χ2n) is 3.28. The first-order chi connectivity index (χ1) is 7.11. The highest BCUT2D eigenvalue weighted by atomic mass is 16.4. The van der Waals surface area contributed by atoms with Gasteiger partial charge in [-0.2, -0.15) is 0 Å². The Labute approximate surface area is 85.8 Å². The van der Waals surface area contributed by atoms with E-state index in [0.29, 0.717) is 17.4 Å². The summed E-state index contributed by atoms with van der Waals surface area (Å²) in [5.74, 6) is -0.419. The number of phenolic OH excluding ortho intramolecular Hbond substituents is 1. The number of hydrogen-bond acceptors (Lipinski definition) is 3. The highest BCUT2D eigenvalue weighted by molar-refractivity contribution is 5.95. The summed E-state index contributed by atoms with van der Waals surface area (Å²) < 4.78 is 5.37. The van der Waals surface area contributed by atoms with Crippen molar-refractivity contribution in [3.63, 3.8) is 0 Å². The zero-order chi connectivity index (χ0) is 11.0. The minimum absolute atomic E-state index is 0.0250. The molecule has 2 rings (SSSR count). The molecule has 2 aromatic rings. The zero-order valence-corrected chi connectivity index (χ0v) is 8.15. The van der Waals surface area contributed by atoms with E-state index >= 15 is 0 Å². The van der Waals surface area contributed by atoms with Crippen LogP contribution in [0.4, 0.5) is 0 Å². The molecule has 0 aliphatic rings. The van der Waals surface area contributed by atoms with Gasteiger partial charge in [0.05, 0.1) is 10.9 Å². The number of fused-ring (bicyclic) bond motifs is 1. The lowest BCUT2D eigenvalue weighted by atomic mass is 10.1. The molecular formula is C11H10O4. The summed E-state index contributed by atoms with van der Waals surface area (Å²) in [6.07, 6.45) is 0.705. The monoisotopic (exact) mass is 206 g/mol. The van der Waals surface area contributed by atoms with E-state index in [1.807, 2.05) is 6.92 Å². The zero-order valence-electron chi connectivity index (χ0n) is 8.15. The van der Waals surface area contributed by atoms with Gasteiger partial charge < -0.3 is 14.6 Å². The van der Waals surface area contributed by atoms with Crippen molar-refractivity contribution in [1.29, 1.82) is 0 Å². The van der Waals surface area contributed by atoms with E-state index in [1.54, 1.807) is 6.07 Å². The van der Waals surface area contributed by atoms with Crippen molar-refractivity contribution < 1.29 is 19.4 Å². The molecule has 0 unspecified atom stereocenters. The van der Waals surface area contributed by atoms with Crippen molar-refractivity contribution in [2.45, 2.75) is 13.3 Å². The maximum Gasteiger partial charge on any atom is 0.335 e. The predicted octanol–water partition coefficient (Wildman–Crippen LogP) is 2.40. The Morgan fingerprint density at radius 3 is 2.73 bits per heavy atom. The number of rotatable bonds is 2. The lowest BCUT2D eigenvalue weighted by molar-refractivity contribution is 0.0696. The van der Waals surface area contributed by atoms with Gasteiger partial charge in [-0.05, 0) is 18.2 Å². The van der Waals surface area contributed by atoms with Crippen LogP contribution < -0.4 is 0 Å². The molecule has 0 atom stereocenters. The Hall–Kier alpha value is -1.97. The maximum atomic E-state index is 10.7. The molecule has 4 nitrogen and oxygen atoms in total. The molecule has 78 valence electrons. The van der Waals surface area contributed by atoms with Crippen molar-refractivity contribution in [2.75, 3.05) is 0 Å². The van der Waals surface area contributed by atoms with Crippen LogP contribution in [0.25, 0.3) is 11.0 Å². The van der Waals surface area contributed by atoms with Gasteiger partial charge in [-0.1, -0.05) is 6.92 Å². The topological polar surface area (TPSA) is 70.7 Å². The van der Waals surface area contributed by atoms with Crippen LogP contribution >= 0.6 is 0 Å². The van der Waals surface area contributed by atoms with Crippen LogP contribution in [0, 0.1) is 0 Å². The third kappa shape index (κ3) is 1.54. The third-order valence-electron chi connectivity index (χ3n) is 2.26. The highest BCUT2D eigenvalue weighted by Gasteiger charge is 2.12. The first-order valence-electron chi connectivity index (χ1n) is 4.60. The molecular weight excluding hydrogens is 196 g/mol. The molecule has 0 bridgehead atoms. The van der Waals surface area contributed by atoms with E-state index < -0.39 is 5.97 Å². The fraction of sp³-hybridized carbons (Fsp3) is 0.182. The van der Waals surface area contributed by atoms with Crippen LogP contribution in [0.1, 0.15) is 23.0 Å². The van der Waals surface area contributed by atoms with Gasteiger partial charge in [0.2, 0.25) is 0 Å². The Kier molecular flexibility index (Phi) is 2.11. The molecule has 0 radical (unpaired) electrons. The minimum Gasteiger partial charge on any atom is -0.507 e. The van der Waals surface area contributed by atoms with Gasteiger partial charge in [-0.15, -0.1) is 0 Å². The van der Waals surface area contributed by atoms with Gasteiger partial charge in [-0.25, -0.2) is 4.79 Å². The average molecular weight is 206 g/mol. The molecule has 0 fully saturated rings. The van der Waals surface area contributed by atoms with Crippen LogP contribution in [0.15, 0.2) is 22.6 Å². The minimum atomic E-state index is -1.08. The summed E-state index contributed by atoms with van der Waals surface area (Å²) in [4.78, 5) is 10.7. The fourth-order valence-corrected chi connectivity index (χ4v) is 1.47. The molecule has 2 N–H and O–H groups in total. The molecule has 0 spiro atoms. The molecule has 15 heavy (non-hydrogen) atoms. The van der Waals surface area contributed by atoms with Gasteiger partial charge in [0.25, 0.3) is 0 Å². The number of phenols is 1. The first-order valence-corrected chi connectivity index (χ1v) is 4.60. The second-order valence-corrected chi connectivity index (χ2v) is 3.28. The van der Waals surface area contributed by atoms with E-state index in [4.69, 9.17) is 9.52 Å². The largest absolute Gasteiger partial charge is 0.507 e. The Bertz CT molecular complexity index is 525. The number of carbonyl (C=O) groups is 1. The van der Waals surface area contributed by atoms with Gasteiger partial charge in [0.15, 0.2) is 0 Å². The molecule has 0 saturated carbocycles. The van der Waals surface area contributed by atoms with E-state index in [0.717, 1.165) is 5.76 Å². The number of aromatic hydroxyl groups is 1. The van der Waals surface area contributed by atoms with Gasteiger partial charge in [0.1, 0.15) is 17.1 Å². The molecule has 1 aromatic heterocycles. The average Bonchev–Trinajstić information content (AvgIpc) is 2.61. The van der Waals surface area contributed by atoms with Gasteiger partial charge in [-0.3, -0.25) is 0 Å². The second kappa shape index (κ2) is 3.31. The quantitative estimate of drug-likeness (QED) is 0.791. The molecule has 4 heteroatoms. The Balaban J connectivity index is 2.70. The van der Waals surface area contributed by atoms with E-state index in [9.17, 15) is 9.90 Å². The number of carboxylic acids is 1. The van der Waals surface area contributed by atoms with Crippen LogP contribution in [0.3, 0.4) is 0 Å². The number of hydrogen-bond donors (Lipinski definition) is 2. The summed E-state index contributed by atoms with van der Waals surface area (Å²) in [5.41, 5.74) is 0.432. The van der Waals surface area contributed by atoms with Crippen molar-refractivity contribution in [2.24, 2.45) is 0 Å². The Morgan fingerprint density at radius 2 is 2.13 bits per heavy atom. The van der Waals surface area contributed by atoms with E-state index in [1.165, 1.54) is 12.1 Å². The molecule has 0 aliphatic heterocycles. The molecule has 0 aliphatic carbocycles. The highest BCUT2D eigenvalue weighted by Crippen LogP contribution is 2.29. The number of aromatic carboxylic acids is 1. The molecule has 1 aromatic carbocycles. The van der Waals surface area contributed by atoms with Crippen LogP contribution in [0.2, 0.25) is 0 Å². The molecule has 0 amide bonds. The van der Waals surface area contributed by atoms with E-state index in [2.05, 4.69) is 0 Å². The normalized spacial score (nSPS) is 10.7. The van der Waals surface area contributed by atoms with Crippen molar-refractivity contribution >= 4 is 16.9 Å². The van der Waals surface area contributed by atoms with Crippen LogP contribution in [-0.4, -0.2) is 16.2 Å². The number of benzene rings is 1. The number of furan rings is 1. The first kappa shape index (κ1) is 9.58. The third-order valence-corrected chi connectivity index (χ3v) is 2.26. The smallest absolute Gasteiger partial charge is 0.335 e. The molecule has 1 heterocycles. The fourth-order valence-electron chi connectivity index (χ4n) is 1.47. The lowest BCUT2D eigenvalue weighted by Crippen LogP contribution is -1.94.